The van der Waals surface area contributed by atoms with Crippen LogP contribution in [-0.4, -0.2) is 46.3 Å². The minimum absolute atomic E-state index is 0.0956. The van der Waals surface area contributed by atoms with Crippen molar-refractivity contribution in [1.29, 1.82) is 0 Å². The van der Waals surface area contributed by atoms with Crippen molar-refractivity contribution in [2.45, 2.75) is 13.0 Å². The van der Waals surface area contributed by atoms with Crippen LogP contribution in [0.4, 0.5) is 4.39 Å². The Morgan fingerprint density at radius 3 is 2.82 bits per heavy atom. The van der Waals surface area contributed by atoms with Crippen LogP contribution in [0.3, 0.4) is 0 Å². The number of nitrogens with zero attached hydrogens (tertiary/aromatic N) is 3. The van der Waals surface area contributed by atoms with Crippen LogP contribution in [0.15, 0.2) is 34.9 Å². The van der Waals surface area contributed by atoms with Gasteiger partial charge in [-0.1, -0.05) is 0 Å². The molecule has 1 aliphatic heterocycles. The summed E-state index contributed by atoms with van der Waals surface area (Å²) in [5, 5.41) is 7.61. The molecular weight excluding hydrogens is 351 g/mol. The Kier molecular flexibility index (Phi) is 4.26. The average Bonchev–Trinajstić information content (AvgIpc) is 2.90. The zero-order valence-corrected chi connectivity index (χ0v) is 13.7. The molecule has 2 aromatic rings. The molecule has 1 fully saturated rings. The van der Waals surface area contributed by atoms with Gasteiger partial charge in [0, 0.05) is 31.9 Å². The van der Waals surface area contributed by atoms with E-state index in [-0.39, 0.29) is 17.8 Å². The molecule has 1 amide bonds. The van der Waals surface area contributed by atoms with Crippen molar-refractivity contribution < 1.29 is 9.18 Å². The van der Waals surface area contributed by atoms with E-state index in [1.54, 1.807) is 23.0 Å². The standard InChI is InChI=1S/C15H16BrFN4O/c1-10-8-18-6-7-20(10)15(22)14-13(16)9-21(19-14)12-4-2-11(17)3-5-12/h2-5,9-10,18H,6-8H2,1H3. The van der Waals surface area contributed by atoms with Gasteiger partial charge in [0.1, 0.15) is 5.82 Å². The molecule has 1 aromatic heterocycles. The van der Waals surface area contributed by atoms with E-state index in [1.165, 1.54) is 12.1 Å². The summed E-state index contributed by atoms with van der Waals surface area (Å²) in [6.45, 7) is 4.24. The molecule has 0 saturated carbocycles. The van der Waals surface area contributed by atoms with Gasteiger partial charge in [-0.25, -0.2) is 9.07 Å². The predicted octanol–water partition coefficient (Wildman–Crippen LogP) is 2.21. The highest BCUT2D eigenvalue weighted by molar-refractivity contribution is 9.10. The van der Waals surface area contributed by atoms with Crippen molar-refractivity contribution in [2.75, 3.05) is 19.6 Å². The topological polar surface area (TPSA) is 50.2 Å². The second-order valence-corrected chi connectivity index (χ2v) is 6.15. The smallest absolute Gasteiger partial charge is 0.275 e. The quantitative estimate of drug-likeness (QED) is 0.886. The fraction of sp³-hybridized carbons (Fsp3) is 0.333. The van der Waals surface area contributed by atoms with Crippen LogP contribution in [0.1, 0.15) is 17.4 Å². The molecule has 1 aromatic carbocycles. The number of hydrogen-bond donors (Lipinski definition) is 1. The van der Waals surface area contributed by atoms with Gasteiger partial charge >= 0.3 is 0 Å². The van der Waals surface area contributed by atoms with E-state index in [2.05, 4.69) is 26.3 Å². The molecule has 116 valence electrons. The van der Waals surface area contributed by atoms with Crippen LogP contribution in [0, 0.1) is 5.82 Å². The third kappa shape index (κ3) is 2.91. The summed E-state index contributed by atoms with van der Waals surface area (Å²) in [5.41, 5.74) is 1.08. The Hall–Kier alpha value is -1.73. The molecule has 1 aliphatic rings. The van der Waals surface area contributed by atoms with Crippen LogP contribution in [0.2, 0.25) is 0 Å². The minimum Gasteiger partial charge on any atom is -0.332 e. The molecule has 1 atom stereocenters. The second kappa shape index (κ2) is 6.18. The summed E-state index contributed by atoms with van der Waals surface area (Å²) in [5.74, 6) is -0.400. The summed E-state index contributed by atoms with van der Waals surface area (Å²) in [7, 11) is 0. The Morgan fingerprint density at radius 1 is 1.41 bits per heavy atom. The summed E-state index contributed by atoms with van der Waals surface area (Å²) in [6.07, 6.45) is 1.72. The number of nitrogens with one attached hydrogen (secondary N) is 1. The predicted molar refractivity (Wildman–Crippen MR) is 84.6 cm³/mol. The lowest BCUT2D eigenvalue weighted by Crippen LogP contribution is -2.52. The van der Waals surface area contributed by atoms with Crippen molar-refractivity contribution in [1.82, 2.24) is 20.0 Å². The molecule has 0 aliphatic carbocycles. The number of rotatable bonds is 2. The molecule has 1 saturated heterocycles. The highest BCUT2D eigenvalue weighted by Gasteiger charge is 2.27. The summed E-state index contributed by atoms with van der Waals surface area (Å²) >= 11 is 3.40. The number of carbonyl (C=O) groups excluding carboxylic acids is 1. The maximum Gasteiger partial charge on any atom is 0.275 e. The highest BCUT2D eigenvalue weighted by atomic mass is 79.9. The average molecular weight is 367 g/mol. The fourth-order valence-electron chi connectivity index (χ4n) is 2.50. The Morgan fingerprint density at radius 2 is 2.14 bits per heavy atom. The molecule has 0 spiro atoms. The second-order valence-electron chi connectivity index (χ2n) is 5.30. The van der Waals surface area contributed by atoms with E-state index in [0.29, 0.717) is 22.4 Å². The minimum atomic E-state index is -0.305. The van der Waals surface area contributed by atoms with Crippen molar-refractivity contribution in [3.63, 3.8) is 0 Å². The highest BCUT2D eigenvalue weighted by Crippen LogP contribution is 2.21. The van der Waals surface area contributed by atoms with Crippen LogP contribution in [0.5, 0.6) is 0 Å². The first-order valence-corrected chi connectivity index (χ1v) is 7.88. The van der Waals surface area contributed by atoms with Gasteiger partial charge in [0.2, 0.25) is 0 Å². The van der Waals surface area contributed by atoms with E-state index in [1.807, 2.05) is 11.8 Å². The molecule has 22 heavy (non-hydrogen) atoms. The van der Waals surface area contributed by atoms with Gasteiger partial charge in [0.05, 0.1) is 10.2 Å². The number of benzene rings is 1. The third-order valence-corrected chi connectivity index (χ3v) is 4.31. The van der Waals surface area contributed by atoms with Gasteiger partial charge < -0.3 is 10.2 Å². The number of aromatic nitrogens is 2. The van der Waals surface area contributed by atoms with Gasteiger partial charge in [-0.3, -0.25) is 4.79 Å². The first-order chi connectivity index (χ1) is 10.6. The summed E-state index contributed by atoms with van der Waals surface area (Å²) in [4.78, 5) is 14.5. The van der Waals surface area contributed by atoms with Crippen LogP contribution in [-0.2, 0) is 0 Å². The van der Waals surface area contributed by atoms with Crippen molar-refractivity contribution >= 4 is 21.8 Å². The maximum absolute atomic E-state index is 13.0. The van der Waals surface area contributed by atoms with E-state index >= 15 is 0 Å². The van der Waals surface area contributed by atoms with Gasteiger partial charge in [0.15, 0.2) is 5.69 Å². The molecule has 3 rings (SSSR count). The zero-order chi connectivity index (χ0) is 15.7. The van der Waals surface area contributed by atoms with Gasteiger partial charge in [-0.2, -0.15) is 5.10 Å². The molecule has 1 unspecified atom stereocenters. The lowest BCUT2D eigenvalue weighted by molar-refractivity contribution is 0.0648. The maximum atomic E-state index is 13.0. The largest absolute Gasteiger partial charge is 0.332 e. The number of piperazine rings is 1. The molecule has 1 N–H and O–H groups in total. The van der Waals surface area contributed by atoms with E-state index in [4.69, 9.17) is 0 Å². The first-order valence-electron chi connectivity index (χ1n) is 7.09. The van der Waals surface area contributed by atoms with Crippen LogP contribution < -0.4 is 5.32 Å². The SMILES string of the molecule is CC1CNCCN1C(=O)c1nn(-c2ccc(F)cc2)cc1Br. The van der Waals surface area contributed by atoms with Gasteiger partial charge in [-0.05, 0) is 47.1 Å². The van der Waals surface area contributed by atoms with E-state index in [9.17, 15) is 9.18 Å². The number of hydrogen-bond acceptors (Lipinski definition) is 3. The number of halogens is 2. The Labute approximate surface area is 136 Å². The van der Waals surface area contributed by atoms with Gasteiger partial charge in [-0.15, -0.1) is 0 Å². The summed E-state index contributed by atoms with van der Waals surface area (Å²) < 4.78 is 15.2. The third-order valence-electron chi connectivity index (χ3n) is 3.73. The lowest BCUT2D eigenvalue weighted by Gasteiger charge is -2.33. The van der Waals surface area contributed by atoms with E-state index < -0.39 is 0 Å². The molecule has 0 bridgehead atoms. The molecule has 5 nitrogen and oxygen atoms in total. The number of amides is 1. The van der Waals surface area contributed by atoms with Gasteiger partial charge in [0.25, 0.3) is 5.91 Å². The number of carbonyl (C=O) groups is 1. The molecule has 7 heteroatoms. The molecule has 0 radical (unpaired) electrons. The first kappa shape index (κ1) is 15.2. The lowest BCUT2D eigenvalue weighted by atomic mass is 10.2. The monoisotopic (exact) mass is 366 g/mol. The van der Waals surface area contributed by atoms with Crippen molar-refractivity contribution in [2.24, 2.45) is 0 Å². The van der Waals surface area contributed by atoms with Crippen LogP contribution in [0.25, 0.3) is 5.69 Å². The summed E-state index contributed by atoms with van der Waals surface area (Å²) in [6, 6.07) is 6.10. The molecular formula is C15H16BrFN4O. The fourth-order valence-corrected chi connectivity index (χ4v) is 2.95. The zero-order valence-electron chi connectivity index (χ0n) is 12.1. The Balaban J connectivity index is 1.88. The van der Waals surface area contributed by atoms with E-state index in [0.717, 1.165) is 13.1 Å². The van der Waals surface area contributed by atoms with Crippen molar-refractivity contribution in [3.05, 3.63) is 46.4 Å². The normalized spacial score (nSPS) is 18.5. The van der Waals surface area contributed by atoms with Crippen LogP contribution >= 0.6 is 15.9 Å². The Bertz CT molecular complexity index is 685. The molecule has 2 heterocycles. The van der Waals surface area contributed by atoms with Crippen molar-refractivity contribution in [3.8, 4) is 5.69 Å².